The summed E-state index contributed by atoms with van der Waals surface area (Å²) in [4.78, 5) is 19.5. The van der Waals surface area contributed by atoms with E-state index in [2.05, 4.69) is 70.5 Å². The van der Waals surface area contributed by atoms with Crippen LogP contribution in [0.5, 0.6) is 17.2 Å². The van der Waals surface area contributed by atoms with Crippen molar-refractivity contribution >= 4 is 30.7 Å². The van der Waals surface area contributed by atoms with Crippen LogP contribution < -0.4 is 14.2 Å². The minimum Gasteiger partial charge on any atom is -0.496 e. The summed E-state index contributed by atoms with van der Waals surface area (Å²) in [5.41, 5.74) is 3.62. The molecule has 2 saturated heterocycles. The molecule has 3 aromatic rings. The van der Waals surface area contributed by atoms with Gasteiger partial charge in [0.2, 0.25) is 5.91 Å². The van der Waals surface area contributed by atoms with Crippen molar-refractivity contribution in [3.63, 3.8) is 0 Å². The molecule has 3 aromatic carbocycles. The van der Waals surface area contributed by atoms with Crippen molar-refractivity contribution in [2.45, 2.75) is 31.5 Å². The zero-order valence-corrected chi connectivity index (χ0v) is 25.8. The summed E-state index contributed by atoms with van der Waals surface area (Å²) in [7, 11) is 5.02. The Kier molecular flexibility index (Phi) is 11.7. The number of nitrogens with zero attached hydrogens (tertiary/aromatic N) is 3. The minimum atomic E-state index is 0. The number of amides is 1. The number of piperazine rings is 2. The first kappa shape index (κ1) is 32.5. The normalized spacial score (nSPS) is 19.0. The molecule has 0 saturated carbocycles. The van der Waals surface area contributed by atoms with Crippen molar-refractivity contribution in [1.29, 1.82) is 0 Å². The van der Waals surface area contributed by atoms with Gasteiger partial charge in [0.1, 0.15) is 17.2 Å². The zero-order chi connectivity index (χ0) is 27.4. The van der Waals surface area contributed by atoms with Crippen molar-refractivity contribution in [2.24, 2.45) is 0 Å². The maximum absolute atomic E-state index is 12.4. The average molecular weight is 603 g/mol. The third kappa shape index (κ3) is 7.09. The molecular formula is C32H41Cl2N3O4. The van der Waals surface area contributed by atoms with E-state index in [1.54, 1.807) is 28.3 Å². The fourth-order valence-electron chi connectivity index (χ4n) is 6.34. The van der Waals surface area contributed by atoms with E-state index in [0.29, 0.717) is 12.3 Å². The maximum Gasteiger partial charge on any atom is 0.219 e. The van der Waals surface area contributed by atoms with Gasteiger partial charge >= 0.3 is 0 Å². The van der Waals surface area contributed by atoms with Gasteiger partial charge in [0.25, 0.3) is 0 Å². The second kappa shape index (κ2) is 14.8. The first-order chi connectivity index (χ1) is 19.0. The van der Waals surface area contributed by atoms with Crippen molar-refractivity contribution in [2.75, 3.05) is 54.1 Å². The first-order valence-corrected chi connectivity index (χ1v) is 13.6. The lowest BCUT2D eigenvalue weighted by atomic mass is 9.81. The third-order valence-electron chi connectivity index (χ3n) is 8.21. The Balaban J connectivity index is 0.00000231. The van der Waals surface area contributed by atoms with Gasteiger partial charge in [-0.3, -0.25) is 14.6 Å². The summed E-state index contributed by atoms with van der Waals surface area (Å²) >= 11 is 0. The number of methoxy groups -OCH3 is 3. The van der Waals surface area contributed by atoms with Gasteiger partial charge in [0, 0.05) is 76.3 Å². The molecule has 1 amide bonds. The Bertz CT molecular complexity index is 1200. The van der Waals surface area contributed by atoms with E-state index in [1.807, 2.05) is 17.0 Å². The van der Waals surface area contributed by atoms with Gasteiger partial charge in [-0.2, -0.15) is 0 Å². The lowest BCUT2D eigenvalue weighted by Gasteiger charge is -2.53. The summed E-state index contributed by atoms with van der Waals surface area (Å²) in [6.45, 7) is 6.45. The zero-order valence-electron chi connectivity index (χ0n) is 24.2. The number of hydrogen-bond acceptors (Lipinski definition) is 6. The van der Waals surface area contributed by atoms with Crippen LogP contribution in [0.3, 0.4) is 0 Å². The number of carbonyl (C=O) groups is 1. The number of fused-ring (bicyclic) bond motifs is 1. The first-order valence-electron chi connectivity index (χ1n) is 13.6. The third-order valence-corrected chi connectivity index (χ3v) is 8.21. The average Bonchev–Trinajstić information content (AvgIpc) is 2.98. The molecule has 0 aromatic heterocycles. The molecule has 5 rings (SSSR count). The van der Waals surface area contributed by atoms with Crippen LogP contribution in [-0.4, -0.2) is 86.7 Å². The molecule has 41 heavy (non-hydrogen) atoms. The maximum atomic E-state index is 12.4. The fraction of sp³-hybridized carbons (Fsp3) is 0.406. The fourth-order valence-corrected chi connectivity index (χ4v) is 6.34. The summed E-state index contributed by atoms with van der Waals surface area (Å²) in [5, 5.41) is 0. The highest BCUT2D eigenvalue weighted by atomic mass is 35.5. The van der Waals surface area contributed by atoms with Crippen molar-refractivity contribution < 1.29 is 19.0 Å². The Morgan fingerprint density at radius 2 is 1.37 bits per heavy atom. The summed E-state index contributed by atoms with van der Waals surface area (Å²) in [6, 6.07) is 25.9. The lowest BCUT2D eigenvalue weighted by molar-refractivity contribution is -0.134. The number of hydrogen-bond donors (Lipinski definition) is 0. The summed E-state index contributed by atoms with van der Waals surface area (Å²) in [6.07, 6.45) is 0. The minimum absolute atomic E-state index is 0. The van der Waals surface area contributed by atoms with Gasteiger partial charge in [-0.25, -0.2) is 0 Å². The molecule has 2 aliphatic rings. The molecule has 2 heterocycles. The summed E-state index contributed by atoms with van der Waals surface area (Å²) < 4.78 is 17.1. The molecule has 2 unspecified atom stereocenters. The van der Waals surface area contributed by atoms with E-state index in [9.17, 15) is 4.79 Å². The van der Waals surface area contributed by atoms with E-state index < -0.39 is 0 Å². The Hall–Kier alpha value is -2.97. The predicted molar refractivity (Wildman–Crippen MR) is 167 cm³/mol. The molecule has 0 aliphatic carbocycles. The number of ether oxygens (including phenoxy) is 3. The second-order valence-corrected chi connectivity index (χ2v) is 10.4. The molecule has 7 nitrogen and oxygen atoms in total. The highest BCUT2D eigenvalue weighted by Gasteiger charge is 2.43. The van der Waals surface area contributed by atoms with E-state index in [4.69, 9.17) is 14.2 Å². The molecule has 0 bridgehead atoms. The smallest absolute Gasteiger partial charge is 0.219 e. The Morgan fingerprint density at radius 3 is 1.85 bits per heavy atom. The van der Waals surface area contributed by atoms with Gasteiger partial charge in [0.05, 0.1) is 26.9 Å². The lowest BCUT2D eigenvalue weighted by Crippen LogP contribution is -2.67. The standard InChI is InChI=1S/C32H39N3O4.2ClH/c1-23(36)34-15-16-35-26(20-34)19-33(21-28-30(38-3)17-27(37-2)18-31(28)39-4)22-29(35)32(24-11-7-5-8-12-24)25-13-9-6-10-14-25;;/h5-14,17-18,26,29,32H,15-16,19-22H2,1-4H3;2*1H. The Labute approximate surface area is 256 Å². The van der Waals surface area contributed by atoms with Crippen molar-refractivity contribution in [1.82, 2.24) is 14.7 Å². The van der Waals surface area contributed by atoms with E-state index in [-0.39, 0.29) is 48.7 Å². The van der Waals surface area contributed by atoms with E-state index in [1.165, 1.54) is 11.1 Å². The van der Waals surface area contributed by atoms with Gasteiger partial charge in [0.15, 0.2) is 0 Å². The van der Waals surface area contributed by atoms with Crippen LogP contribution in [0.1, 0.15) is 29.5 Å². The Morgan fingerprint density at radius 1 is 0.805 bits per heavy atom. The van der Waals surface area contributed by atoms with Gasteiger partial charge in [-0.15, -0.1) is 24.8 Å². The number of carbonyl (C=O) groups excluding carboxylic acids is 1. The van der Waals surface area contributed by atoms with E-state index >= 15 is 0 Å². The predicted octanol–water partition coefficient (Wildman–Crippen LogP) is 5.11. The molecule has 2 aliphatic heterocycles. The van der Waals surface area contributed by atoms with Gasteiger partial charge in [-0.05, 0) is 11.1 Å². The number of halogens is 2. The molecule has 0 spiro atoms. The quantitative estimate of drug-likeness (QED) is 0.358. The van der Waals surface area contributed by atoms with E-state index in [0.717, 1.165) is 49.8 Å². The van der Waals surface area contributed by atoms with Crippen molar-refractivity contribution in [3.8, 4) is 17.2 Å². The van der Waals surface area contributed by atoms with Crippen molar-refractivity contribution in [3.05, 3.63) is 89.5 Å². The highest BCUT2D eigenvalue weighted by molar-refractivity contribution is 5.85. The molecular weight excluding hydrogens is 561 g/mol. The molecule has 2 atom stereocenters. The topological polar surface area (TPSA) is 54.5 Å². The van der Waals surface area contributed by atoms with Crippen LogP contribution in [0.15, 0.2) is 72.8 Å². The summed E-state index contributed by atoms with van der Waals surface area (Å²) in [5.74, 6) is 2.54. The van der Waals surface area contributed by atoms with Gasteiger partial charge < -0.3 is 19.1 Å². The van der Waals surface area contributed by atoms with Gasteiger partial charge in [-0.1, -0.05) is 60.7 Å². The van der Waals surface area contributed by atoms with Crippen LogP contribution in [0.25, 0.3) is 0 Å². The second-order valence-electron chi connectivity index (χ2n) is 10.4. The van der Waals surface area contributed by atoms with Crippen LogP contribution in [-0.2, 0) is 11.3 Å². The van der Waals surface area contributed by atoms with Crippen LogP contribution in [0.4, 0.5) is 0 Å². The van der Waals surface area contributed by atoms with Crippen LogP contribution >= 0.6 is 24.8 Å². The molecule has 0 N–H and O–H groups in total. The molecule has 0 radical (unpaired) electrons. The van der Waals surface area contributed by atoms with Crippen LogP contribution in [0, 0.1) is 0 Å². The monoisotopic (exact) mass is 601 g/mol. The molecule has 9 heteroatoms. The molecule has 222 valence electrons. The van der Waals surface area contributed by atoms with Crippen LogP contribution in [0.2, 0.25) is 0 Å². The highest BCUT2D eigenvalue weighted by Crippen LogP contribution is 2.39. The molecule has 2 fully saturated rings. The largest absolute Gasteiger partial charge is 0.496 e. The SMILES string of the molecule is COc1cc(OC)c(CN2CC3CN(C(C)=O)CCN3C(C(c3ccccc3)c3ccccc3)C2)c(OC)c1.Cl.Cl. The number of rotatable bonds is 8. The number of benzene rings is 3.